The molecule has 1 fully saturated rings. The SMILES string of the molecule is COc1ccc(C(Cl)C2CC2(C)C)cc1Br. The third kappa shape index (κ3) is 2.23. The normalized spacial score (nSPS) is 23.9. The van der Waals surface area contributed by atoms with Gasteiger partial charge in [0.15, 0.2) is 0 Å². The molecular weight excluding hydrogens is 287 g/mol. The molecule has 0 spiro atoms. The van der Waals surface area contributed by atoms with Gasteiger partial charge in [0.25, 0.3) is 0 Å². The number of ether oxygens (including phenoxy) is 1. The highest BCUT2D eigenvalue weighted by molar-refractivity contribution is 9.10. The van der Waals surface area contributed by atoms with Crippen LogP contribution in [0.5, 0.6) is 5.75 Å². The second kappa shape index (κ2) is 4.23. The van der Waals surface area contributed by atoms with Gasteiger partial charge in [-0.3, -0.25) is 0 Å². The molecule has 3 heteroatoms. The van der Waals surface area contributed by atoms with Crippen LogP contribution < -0.4 is 4.74 Å². The van der Waals surface area contributed by atoms with Crippen molar-refractivity contribution in [3.63, 3.8) is 0 Å². The van der Waals surface area contributed by atoms with Gasteiger partial charge in [-0.25, -0.2) is 0 Å². The Bertz CT molecular complexity index is 403. The Hall–Kier alpha value is -0.210. The largest absolute Gasteiger partial charge is 0.496 e. The fraction of sp³-hybridized carbons (Fsp3) is 0.538. The van der Waals surface area contributed by atoms with Crippen LogP contribution >= 0.6 is 27.5 Å². The van der Waals surface area contributed by atoms with Gasteiger partial charge >= 0.3 is 0 Å². The van der Waals surface area contributed by atoms with Gasteiger partial charge in [0.1, 0.15) is 5.75 Å². The van der Waals surface area contributed by atoms with E-state index in [2.05, 4.69) is 41.9 Å². The first kappa shape index (κ1) is 12.3. The van der Waals surface area contributed by atoms with E-state index >= 15 is 0 Å². The molecule has 0 aliphatic heterocycles. The molecular formula is C13H16BrClO. The minimum absolute atomic E-state index is 0.109. The van der Waals surface area contributed by atoms with Gasteiger partial charge in [0, 0.05) is 0 Å². The van der Waals surface area contributed by atoms with Gasteiger partial charge in [0.05, 0.1) is 17.0 Å². The van der Waals surface area contributed by atoms with E-state index in [1.54, 1.807) is 7.11 Å². The van der Waals surface area contributed by atoms with Crippen LogP contribution in [-0.4, -0.2) is 7.11 Å². The number of benzene rings is 1. The summed E-state index contributed by atoms with van der Waals surface area (Å²) in [4.78, 5) is 0. The molecule has 0 aromatic heterocycles. The van der Waals surface area contributed by atoms with Crippen molar-refractivity contribution in [1.29, 1.82) is 0 Å². The van der Waals surface area contributed by atoms with E-state index in [0.29, 0.717) is 11.3 Å². The van der Waals surface area contributed by atoms with E-state index < -0.39 is 0 Å². The minimum Gasteiger partial charge on any atom is -0.496 e. The molecule has 1 aromatic carbocycles. The molecule has 0 radical (unpaired) electrons. The standard InChI is InChI=1S/C13H16BrClO/c1-13(2)7-9(13)12(15)8-4-5-11(16-3)10(14)6-8/h4-6,9,12H,7H2,1-3H3. The van der Waals surface area contributed by atoms with Gasteiger partial charge < -0.3 is 4.74 Å². The Morgan fingerprint density at radius 1 is 1.50 bits per heavy atom. The number of methoxy groups -OCH3 is 1. The molecule has 2 unspecified atom stereocenters. The summed E-state index contributed by atoms with van der Waals surface area (Å²) >= 11 is 9.98. The maximum absolute atomic E-state index is 6.49. The predicted octanol–water partition coefficient (Wildman–Crippen LogP) is 4.78. The summed E-state index contributed by atoms with van der Waals surface area (Å²) in [6, 6.07) is 6.07. The number of rotatable bonds is 3. The van der Waals surface area contributed by atoms with E-state index in [9.17, 15) is 0 Å². The number of alkyl halides is 1. The lowest BCUT2D eigenvalue weighted by Gasteiger charge is -2.13. The van der Waals surface area contributed by atoms with Crippen LogP contribution in [0.2, 0.25) is 0 Å². The Labute approximate surface area is 110 Å². The Balaban J connectivity index is 2.19. The Morgan fingerprint density at radius 2 is 2.12 bits per heavy atom. The molecule has 1 saturated carbocycles. The zero-order valence-electron chi connectivity index (χ0n) is 9.76. The molecule has 0 heterocycles. The summed E-state index contributed by atoms with van der Waals surface area (Å²) in [6.45, 7) is 4.54. The minimum atomic E-state index is 0.109. The second-order valence-electron chi connectivity index (χ2n) is 5.09. The molecule has 16 heavy (non-hydrogen) atoms. The molecule has 1 aromatic rings. The van der Waals surface area contributed by atoms with E-state index in [1.165, 1.54) is 12.0 Å². The third-order valence-electron chi connectivity index (χ3n) is 3.44. The third-order valence-corrected chi connectivity index (χ3v) is 4.61. The molecule has 0 bridgehead atoms. The monoisotopic (exact) mass is 302 g/mol. The van der Waals surface area contributed by atoms with Crippen molar-refractivity contribution in [3.05, 3.63) is 28.2 Å². The van der Waals surface area contributed by atoms with Crippen molar-refractivity contribution in [3.8, 4) is 5.75 Å². The summed E-state index contributed by atoms with van der Waals surface area (Å²) in [5.74, 6) is 1.44. The summed E-state index contributed by atoms with van der Waals surface area (Å²) in [5, 5.41) is 0.109. The summed E-state index contributed by atoms with van der Waals surface area (Å²) in [6.07, 6.45) is 1.21. The number of hydrogen-bond acceptors (Lipinski definition) is 1. The molecule has 0 saturated heterocycles. The first-order valence-corrected chi connectivity index (χ1v) is 6.66. The molecule has 1 aliphatic carbocycles. The smallest absolute Gasteiger partial charge is 0.133 e. The lowest BCUT2D eigenvalue weighted by molar-refractivity contribution is 0.412. The van der Waals surface area contributed by atoms with Gasteiger partial charge in [-0.05, 0) is 51.4 Å². The molecule has 1 aliphatic rings. The van der Waals surface area contributed by atoms with Crippen molar-refractivity contribution >= 4 is 27.5 Å². The van der Waals surface area contributed by atoms with Crippen LogP contribution in [0.3, 0.4) is 0 Å². The van der Waals surface area contributed by atoms with E-state index in [0.717, 1.165) is 10.2 Å². The zero-order valence-corrected chi connectivity index (χ0v) is 12.1. The lowest BCUT2D eigenvalue weighted by atomic mass is 10.0. The highest BCUT2D eigenvalue weighted by Gasteiger charge is 2.49. The van der Waals surface area contributed by atoms with E-state index in [1.807, 2.05) is 6.07 Å². The molecule has 0 amide bonds. The fourth-order valence-corrected chi connectivity index (χ4v) is 3.22. The van der Waals surface area contributed by atoms with E-state index in [4.69, 9.17) is 16.3 Å². The molecule has 2 atom stereocenters. The fourth-order valence-electron chi connectivity index (χ4n) is 2.09. The maximum Gasteiger partial charge on any atom is 0.133 e. The molecule has 0 N–H and O–H groups in total. The van der Waals surface area contributed by atoms with Gasteiger partial charge in [-0.15, -0.1) is 11.6 Å². The van der Waals surface area contributed by atoms with Crippen LogP contribution in [0.15, 0.2) is 22.7 Å². The van der Waals surface area contributed by atoms with Crippen molar-refractivity contribution in [2.24, 2.45) is 11.3 Å². The van der Waals surface area contributed by atoms with Crippen molar-refractivity contribution < 1.29 is 4.74 Å². The average Bonchev–Trinajstić information content (AvgIpc) is 2.86. The summed E-state index contributed by atoms with van der Waals surface area (Å²) < 4.78 is 6.18. The number of hydrogen-bond donors (Lipinski definition) is 0. The highest BCUT2D eigenvalue weighted by atomic mass is 79.9. The second-order valence-corrected chi connectivity index (χ2v) is 6.42. The van der Waals surface area contributed by atoms with Gasteiger partial charge in [-0.2, -0.15) is 0 Å². The summed E-state index contributed by atoms with van der Waals surface area (Å²) in [7, 11) is 1.67. The van der Waals surface area contributed by atoms with Gasteiger partial charge in [-0.1, -0.05) is 19.9 Å². The number of halogens is 2. The van der Waals surface area contributed by atoms with Crippen molar-refractivity contribution in [1.82, 2.24) is 0 Å². The van der Waals surface area contributed by atoms with Crippen LogP contribution in [0, 0.1) is 11.3 Å². The predicted molar refractivity (Wildman–Crippen MR) is 71.2 cm³/mol. The van der Waals surface area contributed by atoms with E-state index in [-0.39, 0.29) is 5.38 Å². The average molecular weight is 304 g/mol. The topological polar surface area (TPSA) is 9.23 Å². The Kier molecular flexibility index (Phi) is 3.24. The van der Waals surface area contributed by atoms with Crippen molar-refractivity contribution in [2.45, 2.75) is 25.6 Å². The quantitative estimate of drug-likeness (QED) is 0.730. The van der Waals surface area contributed by atoms with Crippen LogP contribution in [-0.2, 0) is 0 Å². The first-order chi connectivity index (χ1) is 7.45. The first-order valence-electron chi connectivity index (χ1n) is 5.43. The highest BCUT2D eigenvalue weighted by Crippen LogP contribution is 2.60. The van der Waals surface area contributed by atoms with Crippen LogP contribution in [0.25, 0.3) is 0 Å². The summed E-state index contributed by atoms with van der Waals surface area (Å²) in [5.41, 5.74) is 1.57. The maximum atomic E-state index is 6.49. The van der Waals surface area contributed by atoms with Crippen molar-refractivity contribution in [2.75, 3.05) is 7.11 Å². The Morgan fingerprint density at radius 3 is 2.56 bits per heavy atom. The lowest BCUT2D eigenvalue weighted by Crippen LogP contribution is -1.99. The zero-order chi connectivity index (χ0) is 11.9. The molecule has 88 valence electrons. The molecule has 2 rings (SSSR count). The van der Waals surface area contributed by atoms with Crippen LogP contribution in [0.4, 0.5) is 0 Å². The van der Waals surface area contributed by atoms with Crippen LogP contribution in [0.1, 0.15) is 31.2 Å². The van der Waals surface area contributed by atoms with Gasteiger partial charge in [0.2, 0.25) is 0 Å². The molecule has 1 nitrogen and oxygen atoms in total.